The van der Waals surface area contributed by atoms with Crippen LogP contribution in [-0.4, -0.2) is 0 Å². The predicted molar refractivity (Wildman–Crippen MR) is 60.1 cm³/mol. The number of hydrogen-bond acceptors (Lipinski definition) is 1. The van der Waals surface area contributed by atoms with Crippen molar-refractivity contribution in [3.05, 3.63) is 34.9 Å². The minimum Gasteiger partial charge on any atom is -0.192 e. The van der Waals surface area contributed by atoms with Crippen molar-refractivity contribution in [2.45, 2.75) is 25.4 Å². The Bertz CT molecular complexity index is 380. The van der Waals surface area contributed by atoms with E-state index in [4.69, 9.17) is 5.26 Å². The first-order chi connectivity index (χ1) is 7.49. The third kappa shape index (κ3) is 3.86. The van der Waals surface area contributed by atoms with E-state index >= 15 is 0 Å². The van der Waals surface area contributed by atoms with E-state index in [-0.39, 0.29) is 5.56 Å². The third-order valence-corrected chi connectivity index (χ3v) is 2.31. The molecule has 1 nitrogen and oxygen atoms in total. The van der Waals surface area contributed by atoms with E-state index in [9.17, 15) is 13.2 Å². The van der Waals surface area contributed by atoms with Crippen LogP contribution >= 0.6 is 15.9 Å². The zero-order chi connectivity index (χ0) is 12.8. The van der Waals surface area contributed by atoms with Crippen molar-refractivity contribution >= 4 is 15.9 Å². The molecule has 0 spiro atoms. The molecule has 0 aliphatic carbocycles. The second kappa shape index (κ2) is 6.54. The van der Waals surface area contributed by atoms with E-state index in [1.807, 2.05) is 13.8 Å². The van der Waals surface area contributed by atoms with Crippen molar-refractivity contribution in [3.8, 4) is 6.07 Å². The number of nitriles is 1. The molecule has 0 unspecified atom stereocenters. The van der Waals surface area contributed by atoms with Gasteiger partial charge in [-0.15, -0.1) is 0 Å². The van der Waals surface area contributed by atoms with Crippen LogP contribution in [0, 0.1) is 11.3 Å². The minimum atomic E-state index is -4.39. The Kier molecular flexibility index (Phi) is 6.12. The van der Waals surface area contributed by atoms with Crippen LogP contribution in [0.2, 0.25) is 0 Å². The Balaban J connectivity index is 0.00000106. The lowest BCUT2D eigenvalue weighted by atomic mass is 10.1. The van der Waals surface area contributed by atoms with Crippen molar-refractivity contribution in [2.75, 3.05) is 0 Å². The molecule has 0 N–H and O–H groups in total. The largest absolute Gasteiger partial charge is 0.416 e. The SMILES string of the molecule is CC.N#Cc1cc(C(F)(F)F)ccc1CBr. The number of rotatable bonds is 1. The lowest BCUT2D eigenvalue weighted by molar-refractivity contribution is -0.137. The molecule has 0 aliphatic heterocycles. The maximum absolute atomic E-state index is 12.2. The molecule has 0 aliphatic rings. The third-order valence-electron chi connectivity index (χ3n) is 1.70. The highest BCUT2D eigenvalue weighted by Crippen LogP contribution is 2.30. The summed E-state index contributed by atoms with van der Waals surface area (Å²) < 4.78 is 36.7. The van der Waals surface area contributed by atoms with Crippen molar-refractivity contribution in [3.63, 3.8) is 0 Å². The molecule has 88 valence electrons. The van der Waals surface area contributed by atoms with E-state index < -0.39 is 11.7 Å². The summed E-state index contributed by atoms with van der Waals surface area (Å²) in [6, 6.07) is 4.86. The Morgan fingerprint density at radius 2 is 1.88 bits per heavy atom. The molecular weight excluding hydrogens is 283 g/mol. The van der Waals surface area contributed by atoms with Crippen LogP contribution in [0.5, 0.6) is 0 Å². The first-order valence-corrected chi connectivity index (χ1v) is 5.77. The van der Waals surface area contributed by atoms with E-state index in [2.05, 4.69) is 15.9 Å². The molecule has 0 amide bonds. The van der Waals surface area contributed by atoms with Gasteiger partial charge in [0.1, 0.15) is 0 Å². The van der Waals surface area contributed by atoms with Crippen LogP contribution in [0.25, 0.3) is 0 Å². The molecule has 1 aromatic rings. The average Bonchev–Trinajstić information content (AvgIpc) is 2.29. The van der Waals surface area contributed by atoms with E-state index in [1.165, 1.54) is 6.07 Å². The summed E-state index contributed by atoms with van der Waals surface area (Å²) in [5.41, 5.74) is -0.184. The quantitative estimate of drug-likeness (QED) is 0.700. The van der Waals surface area contributed by atoms with Gasteiger partial charge in [-0.3, -0.25) is 0 Å². The Morgan fingerprint density at radius 3 is 2.25 bits per heavy atom. The van der Waals surface area contributed by atoms with Gasteiger partial charge >= 0.3 is 6.18 Å². The second-order valence-corrected chi connectivity index (χ2v) is 3.18. The molecule has 0 bridgehead atoms. The smallest absolute Gasteiger partial charge is 0.192 e. The van der Waals surface area contributed by atoms with Gasteiger partial charge in [-0.1, -0.05) is 35.8 Å². The van der Waals surface area contributed by atoms with Crippen LogP contribution in [0.1, 0.15) is 30.5 Å². The number of alkyl halides is 4. The first-order valence-electron chi connectivity index (χ1n) is 4.65. The zero-order valence-corrected chi connectivity index (χ0v) is 10.5. The molecule has 5 heteroatoms. The molecule has 0 radical (unpaired) electrons. The number of halogens is 4. The lowest BCUT2D eigenvalue weighted by Crippen LogP contribution is -2.05. The lowest BCUT2D eigenvalue weighted by Gasteiger charge is -2.08. The van der Waals surface area contributed by atoms with E-state index in [0.717, 1.165) is 12.1 Å². The number of hydrogen-bond donors (Lipinski definition) is 0. The molecule has 1 aromatic carbocycles. The van der Waals surface area contributed by atoms with Crippen LogP contribution in [0.4, 0.5) is 13.2 Å². The van der Waals surface area contributed by atoms with Gasteiger partial charge in [-0.2, -0.15) is 18.4 Å². The van der Waals surface area contributed by atoms with Gasteiger partial charge in [-0.05, 0) is 17.7 Å². The molecular formula is C11H11BrF3N. The van der Waals surface area contributed by atoms with Gasteiger partial charge in [0.2, 0.25) is 0 Å². The summed E-state index contributed by atoms with van der Waals surface area (Å²) >= 11 is 3.09. The van der Waals surface area contributed by atoms with Gasteiger partial charge in [0.05, 0.1) is 17.2 Å². The fourth-order valence-corrected chi connectivity index (χ4v) is 1.46. The average molecular weight is 294 g/mol. The standard InChI is InChI=1S/C9H5BrF3N.C2H6/c10-4-6-1-2-8(9(11,12)13)3-7(6)5-14;1-2/h1-3H,4H2;1-2H3. The highest BCUT2D eigenvalue weighted by Gasteiger charge is 2.30. The molecule has 0 heterocycles. The fraction of sp³-hybridized carbons (Fsp3) is 0.364. The number of benzene rings is 1. The summed E-state index contributed by atoms with van der Waals surface area (Å²) in [7, 11) is 0. The maximum atomic E-state index is 12.2. The summed E-state index contributed by atoms with van der Waals surface area (Å²) in [5.74, 6) is 0. The molecule has 0 saturated heterocycles. The first kappa shape index (κ1) is 15.0. The summed E-state index contributed by atoms with van der Waals surface area (Å²) in [6.07, 6.45) is -4.39. The highest BCUT2D eigenvalue weighted by molar-refractivity contribution is 9.08. The summed E-state index contributed by atoms with van der Waals surface area (Å²) in [6.45, 7) is 4.00. The van der Waals surface area contributed by atoms with Crippen LogP contribution in [-0.2, 0) is 11.5 Å². The Morgan fingerprint density at radius 1 is 1.31 bits per heavy atom. The molecule has 0 fully saturated rings. The minimum absolute atomic E-state index is 0.0525. The number of nitrogens with zero attached hydrogens (tertiary/aromatic N) is 1. The highest BCUT2D eigenvalue weighted by atomic mass is 79.9. The molecule has 0 aromatic heterocycles. The van der Waals surface area contributed by atoms with Gasteiger partial charge < -0.3 is 0 Å². The molecule has 16 heavy (non-hydrogen) atoms. The van der Waals surface area contributed by atoms with Gasteiger partial charge in [0, 0.05) is 5.33 Å². The van der Waals surface area contributed by atoms with E-state index in [0.29, 0.717) is 10.9 Å². The normalized spacial score (nSPS) is 10.1. The van der Waals surface area contributed by atoms with Gasteiger partial charge in [0.15, 0.2) is 0 Å². The van der Waals surface area contributed by atoms with Crippen molar-refractivity contribution in [2.24, 2.45) is 0 Å². The summed E-state index contributed by atoms with van der Waals surface area (Å²) in [4.78, 5) is 0. The molecule has 1 rings (SSSR count). The van der Waals surface area contributed by atoms with Crippen molar-refractivity contribution in [1.29, 1.82) is 5.26 Å². The van der Waals surface area contributed by atoms with Crippen molar-refractivity contribution in [1.82, 2.24) is 0 Å². The van der Waals surface area contributed by atoms with Crippen LogP contribution in [0.15, 0.2) is 18.2 Å². The summed E-state index contributed by atoms with van der Waals surface area (Å²) in [5, 5.41) is 8.97. The van der Waals surface area contributed by atoms with Gasteiger partial charge in [0.25, 0.3) is 0 Å². The topological polar surface area (TPSA) is 23.8 Å². The Labute approximate surface area is 101 Å². The maximum Gasteiger partial charge on any atom is 0.416 e. The van der Waals surface area contributed by atoms with Crippen LogP contribution < -0.4 is 0 Å². The molecule has 0 saturated carbocycles. The Hall–Kier alpha value is -1.02. The predicted octanol–water partition coefficient (Wildman–Crippen LogP) is 4.50. The van der Waals surface area contributed by atoms with Gasteiger partial charge in [-0.25, -0.2) is 0 Å². The zero-order valence-electron chi connectivity index (χ0n) is 8.90. The van der Waals surface area contributed by atoms with Crippen LogP contribution in [0.3, 0.4) is 0 Å². The van der Waals surface area contributed by atoms with E-state index in [1.54, 1.807) is 6.07 Å². The monoisotopic (exact) mass is 293 g/mol. The van der Waals surface area contributed by atoms with Crippen molar-refractivity contribution < 1.29 is 13.2 Å². The fourth-order valence-electron chi connectivity index (χ4n) is 0.973. The molecule has 0 atom stereocenters. The second-order valence-electron chi connectivity index (χ2n) is 2.62.